The molecule has 1 heterocycles. The number of carbonyl (C=O) groups is 1. The van der Waals surface area contributed by atoms with Crippen LogP contribution in [0.5, 0.6) is 0 Å². The van der Waals surface area contributed by atoms with Crippen molar-refractivity contribution >= 4 is 22.5 Å². The molecular formula is C23H26N2O. The van der Waals surface area contributed by atoms with Crippen LogP contribution in [0.15, 0.2) is 55.1 Å². The van der Waals surface area contributed by atoms with Crippen LogP contribution in [0.3, 0.4) is 0 Å². The van der Waals surface area contributed by atoms with Gasteiger partial charge in [0.25, 0.3) is 5.91 Å². The summed E-state index contributed by atoms with van der Waals surface area (Å²) in [5, 5.41) is 4.17. The molecule has 0 aliphatic rings. The van der Waals surface area contributed by atoms with E-state index in [4.69, 9.17) is 0 Å². The number of carbonyl (C=O) groups excluding carboxylic acids is 1. The largest absolute Gasteiger partial charge is 0.332 e. The molecule has 26 heavy (non-hydrogen) atoms. The van der Waals surface area contributed by atoms with Crippen molar-refractivity contribution in [3.8, 4) is 0 Å². The normalized spacial score (nSPS) is 11.1. The smallest absolute Gasteiger partial charge is 0.272 e. The number of hydrogen-bond donors (Lipinski definition) is 1. The number of aryl methyl sites for hydroxylation is 2. The fourth-order valence-corrected chi connectivity index (χ4v) is 3.42. The minimum Gasteiger partial charge on any atom is -0.332 e. The van der Waals surface area contributed by atoms with Crippen LogP contribution in [0.25, 0.3) is 10.9 Å². The third-order valence-electron chi connectivity index (χ3n) is 4.81. The van der Waals surface area contributed by atoms with Crippen molar-refractivity contribution in [3.05, 3.63) is 77.5 Å². The Morgan fingerprint density at radius 3 is 2.62 bits per heavy atom. The molecule has 2 aromatic carbocycles. The van der Waals surface area contributed by atoms with Crippen molar-refractivity contribution < 1.29 is 4.79 Å². The van der Waals surface area contributed by atoms with Crippen molar-refractivity contribution in [2.75, 3.05) is 5.32 Å². The number of benzene rings is 2. The summed E-state index contributed by atoms with van der Waals surface area (Å²) in [6, 6.07) is 14.3. The summed E-state index contributed by atoms with van der Waals surface area (Å²) in [5.74, 6) is 0.364. The molecule has 0 aliphatic carbocycles. The summed E-state index contributed by atoms with van der Waals surface area (Å²) < 4.78 is 2.05. The first kappa shape index (κ1) is 18.0. The summed E-state index contributed by atoms with van der Waals surface area (Å²) in [5.41, 5.74) is 5.99. The van der Waals surface area contributed by atoms with E-state index in [0.29, 0.717) is 18.2 Å². The minimum atomic E-state index is -0.0859. The summed E-state index contributed by atoms with van der Waals surface area (Å²) in [7, 11) is 0. The molecule has 0 fully saturated rings. The first-order valence-electron chi connectivity index (χ1n) is 9.04. The van der Waals surface area contributed by atoms with E-state index in [0.717, 1.165) is 27.7 Å². The molecule has 134 valence electrons. The van der Waals surface area contributed by atoms with Crippen LogP contribution in [0.4, 0.5) is 5.69 Å². The Balaban J connectivity index is 2.11. The van der Waals surface area contributed by atoms with E-state index in [1.54, 1.807) is 0 Å². The van der Waals surface area contributed by atoms with Crippen molar-refractivity contribution in [1.29, 1.82) is 0 Å². The maximum atomic E-state index is 13.1. The van der Waals surface area contributed by atoms with Gasteiger partial charge in [0.2, 0.25) is 0 Å². The summed E-state index contributed by atoms with van der Waals surface area (Å²) in [6.07, 6.45) is 1.83. The first-order chi connectivity index (χ1) is 12.4. The number of hydrogen-bond acceptors (Lipinski definition) is 1. The second kappa shape index (κ2) is 7.20. The van der Waals surface area contributed by atoms with Gasteiger partial charge in [0.05, 0.1) is 0 Å². The maximum Gasteiger partial charge on any atom is 0.272 e. The zero-order valence-corrected chi connectivity index (χ0v) is 16.0. The fraction of sp³-hybridized carbons (Fsp3) is 0.261. The second-order valence-electron chi connectivity index (χ2n) is 7.13. The van der Waals surface area contributed by atoms with E-state index in [1.165, 1.54) is 5.56 Å². The number of nitrogens with one attached hydrogen (secondary N) is 1. The molecule has 0 spiro atoms. The average molecular weight is 346 g/mol. The number of fused-ring (bicyclic) bond motifs is 1. The van der Waals surface area contributed by atoms with E-state index in [1.807, 2.05) is 48.8 Å². The van der Waals surface area contributed by atoms with Crippen LogP contribution in [-0.2, 0) is 6.54 Å². The number of amides is 1. The predicted molar refractivity (Wildman–Crippen MR) is 110 cm³/mol. The third kappa shape index (κ3) is 3.30. The number of anilines is 1. The Kier molecular flexibility index (Phi) is 4.99. The molecule has 0 radical (unpaired) electrons. The van der Waals surface area contributed by atoms with Gasteiger partial charge in [-0.2, -0.15) is 0 Å². The Hall–Kier alpha value is -2.81. The lowest BCUT2D eigenvalue weighted by atomic mass is 10.0. The van der Waals surface area contributed by atoms with Crippen LogP contribution in [-0.4, -0.2) is 10.5 Å². The Labute approximate surface area is 155 Å². The summed E-state index contributed by atoms with van der Waals surface area (Å²) in [6.45, 7) is 12.9. The van der Waals surface area contributed by atoms with Gasteiger partial charge in [-0.05, 0) is 60.7 Å². The van der Waals surface area contributed by atoms with Gasteiger partial charge >= 0.3 is 0 Å². The average Bonchev–Trinajstić information content (AvgIpc) is 2.87. The molecule has 3 heteroatoms. The number of rotatable bonds is 5. The standard InChI is InChI=1S/C23H26N2O/c1-6-12-25-21-11-10-18(15(2)3)14-20(21)17(5)22(25)23(26)24-19-9-7-8-16(4)13-19/h6-11,13-15H,1,12H2,2-5H3,(H,24,26). The summed E-state index contributed by atoms with van der Waals surface area (Å²) in [4.78, 5) is 13.1. The molecular weight excluding hydrogens is 320 g/mol. The summed E-state index contributed by atoms with van der Waals surface area (Å²) >= 11 is 0. The van der Waals surface area contributed by atoms with Crippen molar-refractivity contribution in [1.82, 2.24) is 4.57 Å². The van der Waals surface area contributed by atoms with Crippen LogP contribution < -0.4 is 5.32 Å². The van der Waals surface area contributed by atoms with E-state index in [9.17, 15) is 4.79 Å². The van der Waals surface area contributed by atoms with E-state index in [-0.39, 0.29) is 5.91 Å². The monoisotopic (exact) mass is 346 g/mol. The van der Waals surface area contributed by atoms with Gasteiger partial charge in [0, 0.05) is 23.1 Å². The van der Waals surface area contributed by atoms with Crippen LogP contribution in [0.2, 0.25) is 0 Å². The Bertz CT molecular complexity index is 979. The fourth-order valence-electron chi connectivity index (χ4n) is 3.42. The minimum absolute atomic E-state index is 0.0859. The molecule has 0 saturated heterocycles. The SMILES string of the molecule is C=CCn1c(C(=O)Nc2cccc(C)c2)c(C)c2cc(C(C)C)ccc21. The number of allylic oxidation sites excluding steroid dienone is 1. The third-order valence-corrected chi connectivity index (χ3v) is 4.81. The predicted octanol–water partition coefficient (Wildman–Crippen LogP) is 5.82. The van der Waals surface area contributed by atoms with Crippen molar-refractivity contribution in [2.24, 2.45) is 0 Å². The molecule has 0 unspecified atom stereocenters. The first-order valence-corrected chi connectivity index (χ1v) is 9.04. The van der Waals surface area contributed by atoms with Crippen molar-refractivity contribution in [3.63, 3.8) is 0 Å². The topological polar surface area (TPSA) is 34.0 Å². The van der Waals surface area contributed by atoms with Gasteiger partial charge in [-0.25, -0.2) is 0 Å². The molecule has 1 amide bonds. The Morgan fingerprint density at radius 2 is 1.96 bits per heavy atom. The molecule has 0 saturated carbocycles. The molecule has 0 aliphatic heterocycles. The van der Waals surface area contributed by atoms with Gasteiger partial charge < -0.3 is 9.88 Å². The van der Waals surface area contributed by atoms with Crippen LogP contribution in [0, 0.1) is 13.8 Å². The van der Waals surface area contributed by atoms with Gasteiger partial charge in [-0.1, -0.05) is 38.1 Å². The molecule has 0 bridgehead atoms. The lowest BCUT2D eigenvalue weighted by Gasteiger charge is -2.11. The highest BCUT2D eigenvalue weighted by atomic mass is 16.2. The van der Waals surface area contributed by atoms with E-state index < -0.39 is 0 Å². The zero-order chi connectivity index (χ0) is 18.8. The lowest BCUT2D eigenvalue weighted by Crippen LogP contribution is -2.18. The van der Waals surface area contributed by atoms with Gasteiger partial charge in [-0.3, -0.25) is 4.79 Å². The second-order valence-corrected chi connectivity index (χ2v) is 7.13. The highest BCUT2D eigenvalue weighted by Gasteiger charge is 2.20. The maximum absolute atomic E-state index is 13.1. The molecule has 1 N–H and O–H groups in total. The molecule has 3 aromatic rings. The quantitative estimate of drug-likeness (QED) is 0.580. The molecule has 3 rings (SSSR count). The number of nitrogens with zero attached hydrogens (tertiary/aromatic N) is 1. The molecule has 3 nitrogen and oxygen atoms in total. The molecule has 1 aromatic heterocycles. The van der Waals surface area contributed by atoms with Gasteiger partial charge in [-0.15, -0.1) is 6.58 Å². The highest BCUT2D eigenvalue weighted by Crippen LogP contribution is 2.29. The molecule has 0 atom stereocenters. The Morgan fingerprint density at radius 1 is 1.19 bits per heavy atom. The van der Waals surface area contributed by atoms with Crippen LogP contribution >= 0.6 is 0 Å². The zero-order valence-electron chi connectivity index (χ0n) is 16.0. The van der Waals surface area contributed by atoms with Crippen LogP contribution in [0.1, 0.15) is 46.9 Å². The highest BCUT2D eigenvalue weighted by molar-refractivity contribution is 6.08. The van der Waals surface area contributed by atoms with Gasteiger partial charge in [0.15, 0.2) is 0 Å². The van der Waals surface area contributed by atoms with Crippen molar-refractivity contribution in [2.45, 2.75) is 40.2 Å². The van der Waals surface area contributed by atoms with Gasteiger partial charge in [0.1, 0.15) is 5.69 Å². The van der Waals surface area contributed by atoms with E-state index in [2.05, 4.69) is 43.9 Å². The van der Waals surface area contributed by atoms with E-state index >= 15 is 0 Å². The lowest BCUT2D eigenvalue weighted by molar-refractivity contribution is 0.101. The number of aromatic nitrogens is 1.